The second kappa shape index (κ2) is 7.36. The van der Waals surface area contributed by atoms with E-state index in [4.69, 9.17) is 22.1 Å². The van der Waals surface area contributed by atoms with Crippen molar-refractivity contribution in [2.75, 3.05) is 33.4 Å². The van der Waals surface area contributed by atoms with Gasteiger partial charge in [0.1, 0.15) is 5.82 Å². The summed E-state index contributed by atoms with van der Waals surface area (Å²) in [4.78, 5) is 2.34. The minimum atomic E-state index is -0.312. The third-order valence-electron chi connectivity index (χ3n) is 4.04. The van der Waals surface area contributed by atoms with Crippen LogP contribution in [0.15, 0.2) is 18.2 Å². The van der Waals surface area contributed by atoms with Crippen LogP contribution in [0.25, 0.3) is 0 Å². The van der Waals surface area contributed by atoms with Crippen molar-refractivity contribution in [2.45, 2.75) is 18.9 Å². The van der Waals surface area contributed by atoms with E-state index in [9.17, 15) is 4.39 Å². The molecule has 1 unspecified atom stereocenters. The molecule has 1 aromatic carbocycles. The molecule has 112 valence electrons. The van der Waals surface area contributed by atoms with Gasteiger partial charge in [0.05, 0.1) is 0 Å². The zero-order valence-electron chi connectivity index (χ0n) is 11.8. The Hall–Kier alpha value is -0.680. The fraction of sp³-hybridized carbons (Fsp3) is 0.600. The Labute approximate surface area is 124 Å². The van der Waals surface area contributed by atoms with Gasteiger partial charge >= 0.3 is 0 Å². The Kier molecular flexibility index (Phi) is 5.78. The quantitative estimate of drug-likeness (QED) is 0.909. The molecule has 0 amide bonds. The van der Waals surface area contributed by atoms with Crippen molar-refractivity contribution in [3.63, 3.8) is 0 Å². The van der Waals surface area contributed by atoms with E-state index in [2.05, 4.69) is 4.90 Å². The molecule has 0 spiro atoms. The van der Waals surface area contributed by atoms with Crippen LogP contribution in [-0.4, -0.2) is 38.3 Å². The van der Waals surface area contributed by atoms with Crippen LogP contribution in [0.3, 0.4) is 0 Å². The van der Waals surface area contributed by atoms with Crippen LogP contribution < -0.4 is 5.73 Å². The Balaban J connectivity index is 2.05. The van der Waals surface area contributed by atoms with E-state index in [0.717, 1.165) is 38.1 Å². The Bertz CT molecular complexity index is 436. The molecule has 3 nitrogen and oxygen atoms in total. The highest BCUT2D eigenvalue weighted by molar-refractivity contribution is 6.31. The average molecular weight is 301 g/mol. The van der Waals surface area contributed by atoms with E-state index in [-0.39, 0.29) is 11.9 Å². The van der Waals surface area contributed by atoms with Gasteiger partial charge in [-0.3, -0.25) is 4.90 Å². The van der Waals surface area contributed by atoms with E-state index in [1.165, 1.54) is 12.1 Å². The summed E-state index contributed by atoms with van der Waals surface area (Å²) in [6.45, 7) is 3.26. The van der Waals surface area contributed by atoms with Gasteiger partial charge in [-0.25, -0.2) is 4.39 Å². The lowest BCUT2D eigenvalue weighted by Gasteiger charge is -2.37. The number of benzene rings is 1. The van der Waals surface area contributed by atoms with Gasteiger partial charge in [-0.1, -0.05) is 17.7 Å². The van der Waals surface area contributed by atoms with Gasteiger partial charge in [0.15, 0.2) is 0 Å². The van der Waals surface area contributed by atoms with Crippen molar-refractivity contribution in [1.29, 1.82) is 0 Å². The number of piperidine rings is 1. The summed E-state index contributed by atoms with van der Waals surface area (Å²) in [5, 5.41) is 0.458. The molecular weight excluding hydrogens is 279 g/mol. The Morgan fingerprint density at radius 1 is 1.45 bits per heavy atom. The average Bonchev–Trinajstić information content (AvgIpc) is 2.44. The van der Waals surface area contributed by atoms with Gasteiger partial charge in [0, 0.05) is 31.3 Å². The Morgan fingerprint density at radius 2 is 2.15 bits per heavy atom. The third-order valence-corrected chi connectivity index (χ3v) is 4.36. The fourth-order valence-corrected chi connectivity index (χ4v) is 3.20. The summed E-state index contributed by atoms with van der Waals surface area (Å²) >= 11 is 6.16. The first-order valence-corrected chi connectivity index (χ1v) is 7.41. The van der Waals surface area contributed by atoms with Crippen LogP contribution in [0, 0.1) is 11.7 Å². The van der Waals surface area contributed by atoms with Crippen LogP contribution in [-0.2, 0) is 4.74 Å². The summed E-state index contributed by atoms with van der Waals surface area (Å²) < 4.78 is 18.4. The van der Waals surface area contributed by atoms with Crippen molar-refractivity contribution in [1.82, 2.24) is 4.90 Å². The van der Waals surface area contributed by atoms with Crippen LogP contribution >= 0.6 is 11.6 Å². The first kappa shape index (κ1) is 15.7. The van der Waals surface area contributed by atoms with Crippen molar-refractivity contribution < 1.29 is 9.13 Å². The van der Waals surface area contributed by atoms with Crippen LogP contribution in [0.5, 0.6) is 0 Å². The van der Waals surface area contributed by atoms with Gasteiger partial charge in [0.25, 0.3) is 0 Å². The number of methoxy groups -OCH3 is 1. The molecule has 2 rings (SSSR count). The fourth-order valence-electron chi connectivity index (χ4n) is 2.91. The maximum absolute atomic E-state index is 13.1. The highest BCUT2D eigenvalue weighted by atomic mass is 35.5. The summed E-state index contributed by atoms with van der Waals surface area (Å²) in [6.07, 6.45) is 2.20. The van der Waals surface area contributed by atoms with E-state index in [1.54, 1.807) is 13.2 Å². The summed E-state index contributed by atoms with van der Waals surface area (Å²) in [7, 11) is 1.74. The summed E-state index contributed by atoms with van der Waals surface area (Å²) in [6, 6.07) is 4.61. The van der Waals surface area contributed by atoms with E-state index in [0.29, 0.717) is 17.5 Å². The van der Waals surface area contributed by atoms with Crippen LogP contribution in [0.4, 0.5) is 4.39 Å². The zero-order valence-corrected chi connectivity index (χ0v) is 12.6. The summed E-state index contributed by atoms with van der Waals surface area (Å²) in [5.41, 5.74) is 6.83. The molecule has 0 bridgehead atoms. The number of ether oxygens (including phenoxy) is 1. The van der Waals surface area contributed by atoms with Crippen molar-refractivity contribution >= 4 is 11.6 Å². The van der Waals surface area contributed by atoms with E-state index < -0.39 is 0 Å². The van der Waals surface area contributed by atoms with Crippen LogP contribution in [0.1, 0.15) is 24.4 Å². The first-order chi connectivity index (χ1) is 9.65. The predicted octanol–water partition coefficient (Wildman–Crippen LogP) is 2.84. The number of hydrogen-bond acceptors (Lipinski definition) is 3. The molecule has 1 heterocycles. The molecule has 1 fully saturated rings. The number of halogens is 2. The molecule has 20 heavy (non-hydrogen) atoms. The lowest BCUT2D eigenvalue weighted by atomic mass is 9.95. The molecule has 0 saturated carbocycles. The van der Waals surface area contributed by atoms with Crippen molar-refractivity contribution in [3.8, 4) is 0 Å². The van der Waals surface area contributed by atoms with E-state index in [1.807, 2.05) is 0 Å². The second-order valence-electron chi connectivity index (χ2n) is 5.35. The van der Waals surface area contributed by atoms with Gasteiger partial charge in [0.2, 0.25) is 0 Å². The van der Waals surface area contributed by atoms with Crippen molar-refractivity contribution in [2.24, 2.45) is 11.7 Å². The number of nitrogens with two attached hydrogens (primary N) is 1. The molecule has 0 aromatic heterocycles. The molecule has 1 aliphatic rings. The molecule has 1 saturated heterocycles. The minimum Gasteiger partial charge on any atom is -0.384 e. The van der Waals surface area contributed by atoms with Crippen molar-refractivity contribution in [3.05, 3.63) is 34.6 Å². The maximum atomic E-state index is 13.1. The molecule has 1 aromatic rings. The highest BCUT2D eigenvalue weighted by Crippen LogP contribution is 2.30. The topological polar surface area (TPSA) is 38.5 Å². The standard InChI is InChI=1S/C15H22ClFN2O/c1-20-10-11-4-6-19(7-5-11)15(9-18)13-3-2-12(17)8-14(13)16/h2-3,8,11,15H,4-7,9-10,18H2,1H3. The number of nitrogens with zero attached hydrogens (tertiary/aromatic N) is 1. The second-order valence-corrected chi connectivity index (χ2v) is 5.76. The first-order valence-electron chi connectivity index (χ1n) is 7.03. The monoisotopic (exact) mass is 300 g/mol. The lowest BCUT2D eigenvalue weighted by molar-refractivity contribution is 0.0810. The number of rotatable bonds is 5. The SMILES string of the molecule is COCC1CCN(C(CN)c2ccc(F)cc2Cl)CC1. The Morgan fingerprint density at radius 3 is 2.70 bits per heavy atom. The molecule has 5 heteroatoms. The lowest BCUT2D eigenvalue weighted by Crippen LogP contribution is -2.40. The normalized spacial score (nSPS) is 19.2. The highest BCUT2D eigenvalue weighted by Gasteiger charge is 2.26. The third kappa shape index (κ3) is 3.70. The molecule has 1 aliphatic heterocycles. The van der Waals surface area contributed by atoms with Gasteiger partial charge in [-0.15, -0.1) is 0 Å². The van der Waals surface area contributed by atoms with E-state index >= 15 is 0 Å². The predicted molar refractivity (Wildman–Crippen MR) is 79.4 cm³/mol. The molecule has 0 radical (unpaired) electrons. The molecule has 1 atom stereocenters. The van der Waals surface area contributed by atoms with Gasteiger partial charge in [-0.2, -0.15) is 0 Å². The molecule has 0 aliphatic carbocycles. The summed E-state index contributed by atoms with van der Waals surface area (Å²) in [5.74, 6) is 0.312. The van der Waals surface area contributed by atoms with Crippen LogP contribution in [0.2, 0.25) is 5.02 Å². The zero-order chi connectivity index (χ0) is 14.5. The number of likely N-dealkylation sites (tertiary alicyclic amines) is 1. The molecular formula is C15H22ClFN2O. The molecule has 2 N–H and O–H groups in total. The minimum absolute atomic E-state index is 0.0617. The smallest absolute Gasteiger partial charge is 0.124 e. The van der Waals surface area contributed by atoms with Gasteiger partial charge in [-0.05, 0) is 49.5 Å². The maximum Gasteiger partial charge on any atom is 0.124 e. The number of hydrogen-bond donors (Lipinski definition) is 1. The van der Waals surface area contributed by atoms with Gasteiger partial charge < -0.3 is 10.5 Å². The largest absolute Gasteiger partial charge is 0.384 e.